The highest BCUT2D eigenvalue weighted by atomic mass is 35.5. The largest absolute Gasteiger partial charge is 0.497 e. The molecular formula is C22H27ClN2O2. The van der Waals surface area contributed by atoms with Gasteiger partial charge in [0.25, 0.3) is 0 Å². The highest BCUT2D eigenvalue weighted by Crippen LogP contribution is 2.36. The monoisotopic (exact) mass is 386 g/mol. The lowest BCUT2D eigenvalue weighted by Gasteiger charge is -2.40. The van der Waals surface area contributed by atoms with Crippen molar-refractivity contribution < 1.29 is 9.53 Å². The number of halogens is 1. The van der Waals surface area contributed by atoms with E-state index in [1.165, 1.54) is 16.7 Å². The molecule has 2 aromatic carbocycles. The van der Waals surface area contributed by atoms with Crippen molar-refractivity contribution in [3.8, 4) is 5.75 Å². The SMILES string of the molecule is COc1ccc2c(c1)CN(C(=O)C1CCNCC1)C(c1ccccc1)C2.Cl. The second kappa shape index (κ2) is 8.77. The van der Waals surface area contributed by atoms with Crippen molar-refractivity contribution in [2.45, 2.75) is 31.8 Å². The van der Waals surface area contributed by atoms with E-state index < -0.39 is 0 Å². The third-order valence-electron chi connectivity index (χ3n) is 5.70. The van der Waals surface area contributed by atoms with Gasteiger partial charge < -0.3 is 15.0 Å². The number of hydrogen-bond acceptors (Lipinski definition) is 3. The van der Waals surface area contributed by atoms with Gasteiger partial charge in [-0.3, -0.25) is 4.79 Å². The Morgan fingerprint density at radius 2 is 1.81 bits per heavy atom. The Hall–Kier alpha value is -2.04. The molecule has 0 saturated carbocycles. The van der Waals surface area contributed by atoms with E-state index >= 15 is 0 Å². The molecule has 2 heterocycles. The van der Waals surface area contributed by atoms with E-state index in [1.54, 1.807) is 7.11 Å². The van der Waals surface area contributed by atoms with Gasteiger partial charge in [0.15, 0.2) is 0 Å². The summed E-state index contributed by atoms with van der Waals surface area (Å²) in [6.07, 6.45) is 2.73. The summed E-state index contributed by atoms with van der Waals surface area (Å²) in [6.45, 7) is 2.53. The number of fused-ring (bicyclic) bond motifs is 1. The smallest absolute Gasteiger partial charge is 0.226 e. The third kappa shape index (κ3) is 4.12. The molecule has 2 aromatic rings. The zero-order valence-corrected chi connectivity index (χ0v) is 16.5. The first-order chi connectivity index (χ1) is 12.8. The van der Waals surface area contributed by atoms with Crippen molar-refractivity contribution in [1.29, 1.82) is 0 Å². The number of rotatable bonds is 3. The van der Waals surface area contributed by atoms with E-state index in [9.17, 15) is 4.79 Å². The number of nitrogens with one attached hydrogen (secondary N) is 1. The normalized spacial score (nSPS) is 19.7. The maximum atomic E-state index is 13.4. The zero-order chi connectivity index (χ0) is 17.9. The van der Waals surface area contributed by atoms with Crippen LogP contribution in [0.25, 0.3) is 0 Å². The Kier molecular flexibility index (Phi) is 6.40. The number of benzene rings is 2. The number of amides is 1. The Morgan fingerprint density at radius 1 is 1.07 bits per heavy atom. The van der Waals surface area contributed by atoms with Crippen LogP contribution in [-0.4, -0.2) is 31.0 Å². The van der Waals surface area contributed by atoms with E-state index in [0.29, 0.717) is 12.5 Å². The van der Waals surface area contributed by atoms with Crippen LogP contribution < -0.4 is 10.1 Å². The molecule has 0 spiro atoms. The molecule has 4 nitrogen and oxygen atoms in total. The topological polar surface area (TPSA) is 41.6 Å². The first-order valence-electron chi connectivity index (χ1n) is 9.48. The van der Waals surface area contributed by atoms with Crippen molar-refractivity contribution in [1.82, 2.24) is 10.2 Å². The van der Waals surface area contributed by atoms with Gasteiger partial charge in [0.05, 0.1) is 13.2 Å². The molecule has 0 aromatic heterocycles. The maximum Gasteiger partial charge on any atom is 0.226 e. The second-order valence-electron chi connectivity index (χ2n) is 7.26. The van der Waals surface area contributed by atoms with Crippen LogP contribution in [0.15, 0.2) is 48.5 Å². The van der Waals surface area contributed by atoms with Crippen LogP contribution in [0.2, 0.25) is 0 Å². The number of ether oxygens (including phenoxy) is 1. The summed E-state index contributed by atoms with van der Waals surface area (Å²) in [5.41, 5.74) is 3.74. The molecule has 1 fully saturated rings. The van der Waals surface area contributed by atoms with Crippen LogP contribution in [0.4, 0.5) is 0 Å². The quantitative estimate of drug-likeness (QED) is 0.873. The molecule has 2 aliphatic rings. The third-order valence-corrected chi connectivity index (χ3v) is 5.70. The van der Waals surface area contributed by atoms with Gasteiger partial charge in [-0.2, -0.15) is 0 Å². The van der Waals surface area contributed by atoms with Crippen molar-refractivity contribution in [3.05, 3.63) is 65.2 Å². The van der Waals surface area contributed by atoms with Crippen molar-refractivity contribution in [3.63, 3.8) is 0 Å². The first-order valence-corrected chi connectivity index (χ1v) is 9.48. The van der Waals surface area contributed by atoms with Gasteiger partial charge in [-0.05, 0) is 61.2 Å². The summed E-state index contributed by atoms with van der Waals surface area (Å²) in [6, 6.07) is 16.8. The van der Waals surface area contributed by atoms with E-state index in [1.807, 2.05) is 12.1 Å². The molecule has 1 unspecified atom stereocenters. The molecule has 144 valence electrons. The number of nitrogens with zero attached hydrogens (tertiary/aromatic N) is 1. The van der Waals surface area contributed by atoms with Gasteiger partial charge in [-0.15, -0.1) is 12.4 Å². The van der Waals surface area contributed by atoms with Gasteiger partial charge in [0.2, 0.25) is 5.91 Å². The fourth-order valence-corrected chi connectivity index (χ4v) is 4.20. The van der Waals surface area contributed by atoms with Crippen LogP contribution in [0.5, 0.6) is 5.75 Å². The van der Waals surface area contributed by atoms with E-state index in [-0.39, 0.29) is 24.4 Å². The molecule has 0 radical (unpaired) electrons. The van der Waals surface area contributed by atoms with Crippen LogP contribution in [0, 0.1) is 5.92 Å². The fraction of sp³-hybridized carbons (Fsp3) is 0.409. The lowest BCUT2D eigenvalue weighted by Crippen LogP contribution is -2.44. The van der Waals surface area contributed by atoms with Gasteiger partial charge in [0, 0.05) is 12.5 Å². The lowest BCUT2D eigenvalue weighted by molar-refractivity contribution is -0.140. The number of piperidine rings is 1. The van der Waals surface area contributed by atoms with E-state index in [4.69, 9.17) is 4.74 Å². The summed E-state index contributed by atoms with van der Waals surface area (Å²) in [5, 5.41) is 3.36. The molecular weight excluding hydrogens is 360 g/mol. The van der Waals surface area contributed by atoms with Crippen molar-refractivity contribution in [2.75, 3.05) is 20.2 Å². The second-order valence-corrected chi connectivity index (χ2v) is 7.26. The van der Waals surface area contributed by atoms with Gasteiger partial charge in [-0.25, -0.2) is 0 Å². The summed E-state index contributed by atoms with van der Waals surface area (Å²) in [7, 11) is 1.69. The van der Waals surface area contributed by atoms with Gasteiger partial charge in [-0.1, -0.05) is 36.4 Å². The molecule has 0 aliphatic carbocycles. The van der Waals surface area contributed by atoms with Crippen LogP contribution in [0.3, 0.4) is 0 Å². The van der Waals surface area contributed by atoms with Crippen molar-refractivity contribution >= 4 is 18.3 Å². The molecule has 1 amide bonds. The summed E-state index contributed by atoms with van der Waals surface area (Å²) < 4.78 is 5.39. The summed E-state index contributed by atoms with van der Waals surface area (Å²) >= 11 is 0. The average Bonchev–Trinajstić information content (AvgIpc) is 2.73. The molecule has 1 saturated heterocycles. The maximum absolute atomic E-state index is 13.4. The zero-order valence-electron chi connectivity index (χ0n) is 15.7. The van der Waals surface area contributed by atoms with Gasteiger partial charge in [0.1, 0.15) is 5.75 Å². The van der Waals surface area contributed by atoms with Crippen LogP contribution in [0.1, 0.15) is 35.6 Å². The molecule has 1 atom stereocenters. The molecule has 27 heavy (non-hydrogen) atoms. The molecule has 2 aliphatic heterocycles. The lowest BCUT2D eigenvalue weighted by atomic mass is 9.87. The number of carbonyl (C=O) groups is 1. The highest BCUT2D eigenvalue weighted by molar-refractivity contribution is 5.85. The Bertz CT molecular complexity index is 775. The first kappa shape index (κ1) is 19.7. The van der Waals surface area contributed by atoms with E-state index in [2.05, 4.69) is 46.6 Å². The standard InChI is InChI=1S/C22H26N2O2.ClH/c1-26-20-8-7-18-14-21(16-5-3-2-4-6-16)24(15-19(18)13-20)22(25)17-9-11-23-12-10-17;/h2-8,13,17,21,23H,9-12,14-15H2,1H3;1H. The minimum absolute atomic E-state index is 0. The predicted octanol–water partition coefficient (Wildman–Crippen LogP) is 3.74. The molecule has 4 rings (SSSR count). The number of carbonyl (C=O) groups excluding carboxylic acids is 1. The Labute approximate surface area is 167 Å². The molecule has 0 bridgehead atoms. The Balaban J connectivity index is 0.00000210. The number of methoxy groups -OCH3 is 1. The Morgan fingerprint density at radius 3 is 2.52 bits per heavy atom. The van der Waals surface area contributed by atoms with E-state index in [0.717, 1.165) is 38.1 Å². The predicted molar refractivity (Wildman–Crippen MR) is 109 cm³/mol. The molecule has 5 heteroatoms. The minimum atomic E-state index is 0. The summed E-state index contributed by atoms with van der Waals surface area (Å²) in [4.78, 5) is 15.5. The number of hydrogen-bond donors (Lipinski definition) is 1. The van der Waals surface area contributed by atoms with Crippen LogP contribution >= 0.6 is 12.4 Å². The van der Waals surface area contributed by atoms with Gasteiger partial charge >= 0.3 is 0 Å². The van der Waals surface area contributed by atoms with Crippen LogP contribution in [-0.2, 0) is 17.8 Å². The highest BCUT2D eigenvalue weighted by Gasteiger charge is 2.34. The fourth-order valence-electron chi connectivity index (χ4n) is 4.20. The minimum Gasteiger partial charge on any atom is -0.497 e. The summed E-state index contributed by atoms with van der Waals surface area (Å²) in [5.74, 6) is 1.29. The van der Waals surface area contributed by atoms with Crippen molar-refractivity contribution in [2.24, 2.45) is 5.92 Å². The average molecular weight is 387 g/mol. The molecule has 1 N–H and O–H groups in total.